The molecule has 0 spiro atoms. The standard InChI is InChI=1S/C21H25N3O4S2/c25-19-14-24(11-10-22-19)30(27,28)17-8-3-7-16(13-17)21(26)23-20(15-5-1-2-6-15)18-9-4-12-29-18/h3-4,7-9,12-13,15,20H,1-2,5-6,10-11,14H2,(H,22,25)(H,23,26)/t20-/m1/s1. The fourth-order valence-electron chi connectivity index (χ4n) is 4.17. The highest BCUT2D eigenvalue weighted by atomic mass is 32.2. The van der Waals surface area contributed by atoms with Crippen molar-refractivity contribution in [3.63, 3.8) is 0 Å². The first-order valence-corrected chi connectivity index (χ1v) is 12.5. The van der Waals surface area contributed by atoms with Gasteiger partial charge in [0.2, 0.25) is 15.9 Å². The Labute approximate surface area is 180 Å². The lowest BCUT2D eigenvalue weighted by Crippen LogP contribution is -2.49. The topological polar surface area (TPSA) is 95.6 Å². The molecule has 9 heteroatoms. The molecule has 2 fully saturated rings. The van der Waals surface area contributed by atoms with Gasteiger partial charge < -0.3 is 10.6 Å². The summed E-state index contributed by atoms with van der Waals surface area (Å²) < 4.78 is 27.0. The van der Waals surface area contributed by atoms with Gasteiger partial charge in [0.25, 0.3) is 5.91 Å². The highest BCUT2D eigenvalue weighted by Crippen LogP contribution is 2.37. The van der Waals surface area contributed by atoms with Crippen LogP contribution in [0.5, 0.6) is 0 Å². The summed E-state index contributed by atoms with van der Waals surface area (Å²) >= 11 is 1.63. The zero-order chi connectivity index (χ0) is 21.1. The van der Waals surface area contributed by atoms with E-state index in [1.807, 2.05) is 17.5 Å². The van der Waals surface area contributed by atoms with Crippen LogP contribution in [-0.4, -0.2) is 44.2 Å². The Morgan fingerprint density at radius 2 is 2.00 bits per heavy atom. The lowest BCUT2D eigenvalue weighted by atomic mass is 9.96. The lowest BCUT2D eigenvalue weighted by molar-refractivity contribution is -0.122. The molecule has 2 N–H and O–H groups in total. The first-order valence-electron chi connectivity index (χ1n) is 10.2. The summed E-state index contributed by atoms with van der Waals surface area (Å²) in [7, 11) is -3.84. The number of thiophene rings is 1. The number of hydrogen-bond acceptors (Lipinski definition) is 5. The van der Waals surface area contributed by atoms with E-state index < -0.39 is 10.0 Å². The third kappa shape index (κ3) is 4.43. The molecule has 0 radical (unpaired) electrons. The third-order valence-corrected chi connectivity index (χ3v) is 8.54. The predicted molar refractivity (Wildman–Crippen MR) is 115 cm³/mol. The number of carbonyl (C=O) groups excluding carboxylic acids is 2. The van der Waals surface area contributed by atoms with Crippen molar-refractivity contribution < 1.29 is 18.0 Å². The van der Waals surface area contributed by atoms with Crippen LogP contribution in [0.2, 0.25) is 0 Å². The van der Waals surface area contributed by atoms with Gasteiger partial charge in [0.15, 0.2) is 0 Å². The van der Waals surface area contributed by atoms with E-state index in [-0.39, 0.29) is 42.4 Å². The molecule has 2 heterocycles. The Morgan fingerprint density at radius 3 is 2.70 bits per heavy atom. The Bertz CT molecular complexity index is 1010. The van der Waals surface area contributed by atoms with Gasteiger partial charge in [-0.1, -0.05) is 25.0 Å². The van der Waals surface area contributed by atoms with Gasteiger partial charge in [-0.15, -0.1) is 11.3 Å². The smallest absolute Gasteiger partial charge is 0.251 e. The third-order valence-electron chi connectivity index (χ3n) is 5.74. The van der Waals surface area contributed by atoms with Crippen LogP contribution < -0.4 is 10.6 Å². The van der Waals surface area contributed by atoms with Gasteiger partial charge in [-0.25, -0.2) is 8.42 Å². The number of sulfonamides is 1. The van der Waals surface area contributed by atoms with Gasteiger partial charge in [-0.05, 0) is 48.4 Å². The van der Waals surface area contributed by atoms with Crippen molar-refractivity contribution in [1.29, 1.82) is 0 Å². The van der Waals surface area contributed by atoms with Gasteiger partial charge in [-0.3, -0.25) is 9.59 Å². The molecule has 2 amide bonds. The minimum absolute atomic E-state index is 0.0263. The van der Waals surface area contributed by atoms with Crippen LogP contribution in [-0.2, 0) is 14.8 Å². The van der Waals surface area contributed by atoms with Gasteiger partial charge in [0.1, 0.15) is 0 Å². The summed E-state index contributed by atoms with van der Waals surface area (Å²) in [5, 5.41) is 7.77. The molecule has 1 aliphatic carbocycles. The summed E-state index contributed by atoms with van der Waals surface area (Å²) in [6.07, 6.45) is 4.49. The van der Waals surface area contributed by atoms with E-state index in [0.717, 1.165) is 22.0 Å². The Balaban J connectivity index is 1.55. The molecule has 4 rings (SSSR count). The molecular weight excluding hydrogens is 422 g/mol. The van der Waals surface area contributed by atoms with Gasteiger partial charge >= 0.3 is 0 Å². The molecule has 1 aromatic heterocycles. The molecule has 1 saturated carbocycles. The maximum Gasteiger partial charge on any atom is 0.251 e. The molecule has 0 unspecified atom stereocenters. The largest absolute Gasteiger partial charge is 0.354 e. The molecule has 1 aliphatic heterocycles. The van der Waals surface area contributed by atoms with Crippen LogP contribution >= 0.6 is 11.3 Å². The highest BCUT2D eigenvalue weighted by molar-refractivity contribution is 7.89. The van der Waals surface area contributed by atoms with E-state index in [4.69, 9.17) is 0 Å². The molecule has 0 bridgehead atoms. The second-order valence-electron chi connectivity index (χ2n) is 7.73. The predicted octanol–water partition coefficient (Wildman–Crippen LogP) is 2.53. The number of rotatable bonds is 6. The maximum absolute atomic E-state index is 13.0. The number of nitrogens with zero attached hydrogens (tertiary/aromatic N) is 1. The number of nitrogens with one attached hydrogen (secondary N) is 2. The van der Waals surface area contributed by atoms with E-state index >= 15 is 0 Å². The fourth-order valence-corrected chi connectivity index (χ4v) is 6.48. The van der Waals surface area contributed by atoms with E-state index in [2.05, 4.69) is 10.6 Å². The van der Waals surface area contributed by atoms with Crippen LogP contribution in [0.4, 0.5) is 0 Å². The highest BCUT2D eigenvalue weighted by Gasteiger charge is 2.31. The van der Waals surface area contributed by atoms with Crippen molar-refractivity contribution in [1.82, 2.24) is 14.9 Å². The Morgan fingerprint density at radius 1 is 1.20 bits per heavy atom. The van der Waals surface area contributed by atoms with Crippen LogP contribution in [0.1, 0.15) is 47.0 Å². The monoisotopic (exact) mass is 447 g/mol. The van der Waals surface area contributed by atoms with E-state index in [9.17, 15) is 18.0 Å². The SMILES string of the molecule is O=C1CN(S(=O)(=O)c2cccc(C(=O)N[C@@H](c3cccs3)C3CCCC3)c2)CCN1. The molecule has 1 saturated heterocycles. The summed E-state index contributed by atoms with van der Waals surface area (Å²) in [4.78, 5) is 25.8. The normalized spacial score (nSPS) is 19.4. The van der Waals surface area contributed by atoms with Crippen molar-refractivity contribution in [2.45, 2.75) is 36.6 Å². The van der Waals surface area contributed by atoms with Gasteiger partial charge in [0.05, 0.1) is 17.5 Å². The van der Waals surface area contributed by atoms with Crippen molar-refractivity contribution in [2.24, 2.45) is 5.92 Å². The zero-order valence-corrected chi connectivity index (χ0v) is 18.2. The molecule has 2 aromatic rings. The zero-order valence-electron chi connectivity index (χ0n) is 16.5. The molecule has 1 atom stereocenters. The minimum atomic E-state index is -3.84. The number of benzene rings is 1. The first kappa shape index (κ1) is 21.0. The van der Waals surface area contributed by atoms with Crippen LogP contribution in [0.3, 0.4) is 0 Å². The Kier molecular flexibility index (Phi) is 6.21. The van der Waals surface area contributed by atoms with Crippen molar-refractivity contribution in [3.8, 4) is 0 Å². The average molecular weight is 448 g/mol. The number of amides is 2. The molecule has 1 aromatic carbocycles. The molecule has 2 aliphatic rings. The van der Waals surface area contributed by atoms with Gasteiger partial charge in [-0.2, -0.15) is 4.31 Å². The number of carbonyl (C=O) groups is 2. The van der Waals surface area contributed by atoms with E-state index in [1.54, 1.807) is 23.5 Å². The van der Waals surface area contributed by atoms with E-state index in [0.29, 0.717) is 11.5 Å². The molecule has 7 nitrogen and oxygen atoms in total. The van der Waals surface area contributed by atoms with Crippen LogP contribution in [0.25, 0.3) is 0 Å². The second kappa shape index (κ2) is 8.87. The first-order chi connectivity index (χ1) is 14.4. The maximum atomic E-state index is 13.0. The Hall–Kier alpha value is -2.23. The second-order valence-corrected chi connectivity index (χ2v) is 10.6. The average Bonchev–Trinajstić information content (AvgIpc) is 3.46. The summed E-state index contributed by atoms with van der Waals surface area (Å²) in [5.74, 6) is -0.214. The summed E-state index contributed by atoms with van der Waals surface area (Å²) in [6, 6.07) is 10.0. The van der Waals surface area contributed by atoms with Gasteiger partial charge in [0, 0.05) is 23.5 Å². The van der Waals surface area contributed by atoms with Crippen molar-refractivity contribution >= 4 is 33.2 Å². The number of hydrogen-bond donors (Lipinski definition) is 2. The fraction of sp³-hybridized carbons (Fsp3) is 0.429. The quantitative estimate of drug-likeness (QED) is 0.711. The summed E-state index contributed by atoms with van der Waals surface area (Å²) in [5.41, 5.74) is 0.303. The lowest BCUT2D eigenvalue weighted by Gasteiger charge is -2.26. The van der Waals surface area contributed by atoms with E-state index in [1.165, 1.54) is 25.0 Å². The molecule has 30 heavy (non-hydrogen) atoms. The van der Waals surface area contributed by atoms with Crippen molar-refractivity contribution in [3.05, 3.63) is 52.2 Å². The molecular formula is C21H25N3O4S2. The summed E-state index contributed by atoms with van der Waals surface area (Å²) in [6.45, 7) is 0.287. The number of piperazine rings is 1. The van der Waals surface area contributed by atoms with Crippen molar-refractivity contribution in [2.75, 3.05) is 19.6 Å². The van der Waals surface area contributed by atoms with Crippen LogP contribution in [0, 0.1) is 5.92 Å². The van der Waals surface area contributed by atoms with Crippen LogP contribution in [0.15, 0.2) is 46.7 Å². The minimum Gasteiger partial charge on any atom is -0.354 e. The molecule has 160 valence electrons.